The van der Waals surface area contributed by atoms with E-state index in [1.807, 2.05) is 13.8 Å². The lowest BCUT2D eigenvalue weighted by Crippen LogP contribution is -2.15. The van der Waals surface area contributed by atoms with Gasteiger partial charge < -0.3 is 10.1 Å². The van der Waals surface area contributed by atoms with Gasteiger partial charge in [-0.3, -0.25) is 4.79 Å². The van der Waals surface area contributed by atoms with Crippen molar-refractivity contribution in [3.63, 3.8) is 0 Å². The van der Waals surface area contributed by atoms with E-state index in [9.17, 15) is 9.59 Å². The van der Waals surface area contributed by atoms with E-state index >= 15 is 0 Å². The van der Waals surface area contributed by atoms with Crippen molar-refractivity contribution >= 4 is 51.4 Å². The Hall–Kier alpha value is -1.56. The quantitative estimate of drug-likeness (QED) is 0.760. The van der Waals surface area contributed by atoms with Crippen LogP contribution in [0.1, 0.15) is 38.1 Å². The van der Waals surface area contributed by atoms with E-state index in [4.69, 9.17) is 27.9 Å². The maximum Gasteiger partial charge on any atom is 0.341 e. The number of rotatable bonds is 4. The fraction of sp³-hybridized carbons (Fsp3) is 0.250. The van der Waals surface area contributed by atoms with E-state index in [2.05, 4.69) is 5.32 Å². The molecule has 0 fully saturated rings. The summed E-state index contributed by atoms with van der Waals surface area (Å²) in [6.45, 7) is 5.70. The van der Waals surface area contributed by atoms with Crippen LogP contribution in [-0.2, 0) is 4.74 Å². The molecule has 0 unspecified atom stereocenters. The highest BCUT2D eigenvalue weighted by atomic mass is 35.5. The first kappa shape index (κ1) is 17.8. The summed E-state index contributed by atoms with van der Waals surface area (Å²) in [6.07, 6.45) is 0. The molecule has 1 aromatic heterocycles. The summed E-state index contributed by atoms with van der Waals surface area (Å²) in [6, 6.07) is 4.64. The van der Waals surface area contributed by atoms with Gasteiger partial charge in [0.2, 0.25) is 0 Å². The summed E-state index contributed by atoms with van der Waals surface area (Å²) in [7, 11) is 0. The lowest BCUT2D eigenvalue weighted by molar-refractivity contribution is 0.0527. The van der Waals surface area contributed by atoms with E-state index in [1.165, 1.54) is 17.4 Å². The third-order valence-electron chi connectivity index (χ3n) is 3.26. The predicted molar refractivity (Wildman–Crippen MR) is 94.2 cm³/mol. The monoisotopic (exact) mass is 371 g/mol. The Balaban J connectivity index is 2.36. The van der Waals surface area contributed by atoms with Crippen molar-refractivity contribution in [1.82, 2.24) is 0 Å². The van der Waals surface area contributed by atoms with Gasteiger partial charge in [-0.2, -0.15) is 0 Å². The topological polar surface area (TPSA) is 55.4 Å². The molecule has 2 aromatic rings. The molecule has 0 aliphatic heterocycles. The van der Waals surface area contributed by atoms with Gasteiger partial charge in [0.15, 0.2) is 0 Å². The number of aryl methyl sites for hydroxylation is 1. The molecule has 0 bridgehead atoms. The third-order valence-corrected chi connectivity index (χ3v) is 4.95. The largest absolute Gasteiger partial charge is 0.462 e. The Bertz CT molecular complexity index is 771. The fourth-order valence-electron chi connectivity index (χ4n) is 2.01. The Kier molecular flexibility index (Phi) is 5.68. The van der Waals surface area contributed by atoms with Crippen molar-refractivity contribution in [2.45, 2.75) is 20.8 Å². The zero-order valence-electron chi connectivity index (χ0n) is 12.8. The van der Waals surface area contributed by atoms with Crippen LogP contribution in [0.3, 0.4) is 0 Å². The van der Waals surface area contributed by atoms with Crippen LogP contribution >= 0.6 is 34.5 Å². The maximum atomic E-state index is 12.4. The van der Waals surface area contributed by atoms with Gasteiger partial charge in [-0.1, -0.05) is 23.2 Å². The van der Waals surface area contributed by atoms with E-state index in [-0.39, 0.29) is 17.2 Å². The molecule has 0 aliphatic carbocycles. The number of anilines is 1. The van der Waals surface area contributed by atoms with Gasteiger partial charge in [0.05, 0.1) is 22.8 Å². The number of nitrogens with one attached hydrogen (secondary N) is 1. The highest BCUT2D eigenvalue weighted by Crippen LogP contribution is 2.34. The first-order chi connectivity index (χ1) is 10.8. The van der Waals surface area contributed by atoms with Gasteiger partial charge >= 0.3 is 5.97 Å². The molecule has 23 heavy (non-hydrogen) atoms. The van der Waals surface area contributed by atoms with Gasteiger partial charge in [0.25, 0.3) is 5.91 Å². The second kappa shape index (κ2) is 7.34. The number of thiophene rings is 1. The minimum absolute atomic E-state index is 0.248. The normalized spacial score (nSPS) is 10.5. The number of hydrogen-bond donors (Lipinski definition) is 1. The standard InChI is InChI=1S/C16H15Cl2NO3S/c1-4-22-16(21)13-8(2)9(3)23-15(13)19-14(20)11-7-10(17)5-6-12(11)18/h5-7H,4H2,1-3H3,(H,19,20). The molecule has 1 aromatic carbocycles. The molecular formula is C16H15Cl2NO3S. The highest BCUT2D eigenvalue weighted by molar-refractivity contribution is 7.16. The van der Waals surface area contributed by atoms with Crippen molar-refractivity contribution in [1.29, 1.82) is 0 Å². The number of halogens is 2. The van der Waals surface area contributed by atoms with Gasteiger partial charge in [0.1, 0.15) is 5.00 Å². The van der Waals surface area contributed by atoms with Gasteiger partial charge in [-0.25, -0.2) is 4.79 Å². The smallest absolute Gasteiger partial charge is 0.341 e. The van der Waals surface area contributed by atoms with Gasteiger partial charge in [0, 0.05) is 9.90 Å². The molecule has 0 saturated heterocycles. The van der Waals surface area contributed by atoms with Crippen molar-refractivity contribution < 1.29 is 14.3 Å². The second-order valence-electron chi connectivity index (χ2n) is 4.79. The molecule has 7 heteroatoms. The summed E-state index contributed by atoms with van der Waals surface area (Å²) in [4.78, 5) is 25.5. The molecule has 4 nitrogen and oxygen atoms in total. The average Bonchev–Trinajstić information content (AvgIpc) is 2.76. The van der Waals surface area contributed by atoms with Crippen molar-refractivity contribution in [2.75, 3.05) is 11.9 Å². The third kappa shape index (κ3) is 3.86. The zero-order valence-corrected chi connectivity index (χ0v) is 15.2. The Morgan fingerprint density at radius 1 is 1.26 bits per heavy atom. The molecule has 0 aliphatic rings. The lowest BCUT2D eigenvalue weighted by atomic mass is 10.1. The van der Waals surface area contributed by atoms with Crippen molar-refractivity contribution in [3.05, 3.63) is 49.8 Å². The van der Waals surface area contributed by atoms with Crippen LogP contribution in [-0.4, -0.2) is 18.5 Å². The maximum absolute atomic E-state index is 12.4. The van der Waals surface area contributed by atoms with E-state index in [0.717, 1.165) is 10.4 Å². The lowest BCUT2D eigenvalue weighted by Gasteiger charge is -2.08. The first-order valence-corrected chi connectivity index (χ1v) is 8.45. The van der Waals surface area contributed by atoms with E-state index in [0.29, 0.717) is 15.6 Å². The molecule has 122 valence electrons. The molecule has 0 saturated carbocycles. The molecule has 0 atom stereocenters. The van der Waals surface area contributed by atoms with Gasteiger partial charge in [-0.15, -0.1) is 11.3 Å². The Morgan fingerprint density at radius 3 is 2.61 bits per heavy atom. The highest BCUT2D eigenvalue weighted by Gasteiger charge is 2.23. The Morgan fingerprint density at radius 2 is 1.96 bits per heavy atom. The zero-order chi connectivity index (χ0) is 17.1. The van der Waals surface area contributed by atoms with E-state index < -0.39 is 11.9 Å². The Labute approximate surface area is 148 Å². The molecule has 0 radical (unpaired) electrons. The SMILES string of the molecule is CCOC(=O)c1c(NC(=O)c2cc(Cl)ccc2Cl)sc(C)c1C. The number of benzene rings is 1. The number of esters is 1. The predicted octanol–water partition coefficient (Wildman–Crippen LogP) is 5.10. The molecule has 0 spiro atoms. The fourth-order valence-corrected chi connectivity index (χ4v) is 3.43. The summed E-state index contributed by atoms with van der Waals surface area (Å²) >= 11 is 13.3. The second-order valence-corrected chi connectivity index (χ2v) is 6.85. The summed E-state index contributed by atoms with van der Waals surface area (Å²) in [5.74, 6) is -0.883. The summed E-state index contributed by atoms with van der Waals surface area (Å²) in [5, 5.41) is 3.87. The number of carbonyl (C=O) groups is 2. The van der Waals surface area contributed by atoms with Crippen LogP contribution in [0.4, 0.5) is 5.00 Å². The van der Waals surface area contributed by atoms with Crippen LogP contribution in [0.25, 0.3) is 0 Å². The first-order valence-electron chi connectivity index (χ1n) is 6.88. The number of hydrogen-bond acceptors (Lipinski definition) is 4. The molecule has 1 N–H and O–H groups in total. The number of carbonyl (C=O) groups excluding carboxylic acids is 2. The van der Waals surface area contributed by atoms with Crippen LogP contribution in [0.2, 0.25) is 10.0 Å². The minimum atomic E-state index is -0.457. The van der Waals surface area contributed by atoms with Crippen LogP contribution in [0.5, 0.6) is 0 Å². The summed E-state index contributed by atoms with van der Waals surface area (Å²) in [5.41, 5.74) is 1.42. The van der Waals surface area contributed by atoms with Crippen LogP contribution < -0.4 is 5.32 Å². The summed E-state index contributed by atoms with van der Waals surface area (Å²) < 4.78 is 5.06. The van der Waals surface area contributed by atoms with Crippen molar-refractivity contribution in [2.24, 2.45) is 0 Å². The minimum Gasteiger partial charge on any atom is -0.462 e. The molecule has 2 rings (SSSR count). The van der Waals surface area contributed by atoms with Crippen molar-refractivity contribution in [3.8, 4) is 0 Å². The van der Waals surface area contributed by atoms with Crippen LogP contribution in [0.15, 0.2) is 18.2 Å². The van der Waals surface area contributed by atoms with Gasteiger partial charge in [-0.05, 0) is 44.5 Å². The molecule has 1 heterocycles. The van der Waals surface area contributed by atoms with Crippen LogP contribution in [0, 0.1) is 13.8 Å². The molecule has 1 amide bonds. The average molecular weight is 372 g/mol. The molecular weight excluding hydrogens is 357 g/mol. The van der Waals surface area contributed by atoms with E-state index in [1.54, 1.807) is 19.1 Å². The number of ether oxygens (including phenoxy) is 1. The number of amides is 1.